The standard InChI is InChI=1S/C14H26ClNO/c1-14(2)7-6-13(17-14)10-16-9-11-4-3-5-12(15)8-11/h11-13,16H,3-10H2,1-2H3. The first-order valence-electron chi connectivity index (χ1n) is 7.08. The Labute approximate surface area is 110 Å². The van der Waals surface area contributed by atoms with Gasteiger partial charge in [0.05, 0.1) is 11.7 Å². The lowest BCUT2D eigenvalue weighted by molar-refractivity contribution is -0.0145. The summed E-state index contributed by atoms with van der Waals surface area (Å²) in [6, 6.07) is 0. The summed E-state index contributed by atoms with van der Waals surface area (Å²) in [5, 5.41) is 3.99. The third-order valence-corrected chi connectivity index (χ3v) is 4.47. The Morgan fingerprint density at radius 1 is 1.24 bits per heavy atom. The third-order valence-electron chi connectivity index (χ3n) is 4.08. The van der Waals surface area contributed by atoms with Gasteiger partial charge in [-0.15, -0.1) is 11.6 Å². The van der Waals surface area contributed by atoms with Gasteiger partial charge in [-0.05, 0) is 58.4 Å². The molecule has 0 aromatic carbocycles. The smallest absolute Gasteiger partial charge is 0.0707 e. The Balaban J connectivity index is 1.60. The van der Waals surface area contributed by atoms with Gasteiger partial charge in [0, 0.05) is 11.9 Å². The lowest BCUT2D eigenvalue weighted by Gasteiger charge is -2.26. The van der Waals surface area contributed by atoms with E-state index in [2.05, 4.69) is 19.2 Å². The molecule has 1 heterocycles. The summed E-state index contributed by atoms with van der Waals surface area (Å²) in [5.74, 6) is 0.778. The maximum atomic E-state index is 6.20. The second kappa shape index (κ2) is 5.90. The van der Waals surface area contributed by atoms with Crippen LogP contribution in [-0.2, 0) is 4.74 Å². The van der Waals surface area contributed by atoms with Crippen LogP contribution in [-0.4, -0.2) is 30.2 Å². The minimum absolute atomic E-state index is 0.0957. The topological polar surface area (TPSA) is 21.3 Å². The second-order valence-corrected chi connectivity index (χ2v) is 6.94. The third kappa shape index (κ3) is 4.42. The quantitative estimate of drug-likeness (QED) is 0.782. The number of alkyl halides is 1. The fraction of sp³-hybridized carbons (Fsp3) is 1.00. The summed E-state index contributed by atoms with van der Waals surface area (Å²) in [6.45, 7) is 6.49. The van der Waals surface area contributed by atoms with Gasteiger partial charge in [-0.1, -0.05) is 6.42 Å². The van der Waals surface area contributed by atoms with Gasteiger partial charge in [0.2, 0.25) is 0 Å². The van der Waals surface area contributed by atoms with Gasteiger partial charge in [-0.3, -0.25) is 0 Å². The van der Waals surface area contributed by atoms with E-state index < -0.39 is 0 Å². The molecule has 2 fully saturated rings. The van der Waals surface area contributed by atoms with E-state index in [1.165, 1.54) is 38.5 Å². The van der Waals surface area contributed by atoms with E-state index in [0.717, 1.165) is 19.0 Å². The van der Waals surface area contributed by atoms with Gasteiger partial charge in [0.15, 0.2) is 0 Å². The average molecular weight is 260 g/mol. The van der Waals surface area contributed by atoms with Crippen molar-refractivity contribution in [3.8, 4) is 0 Å². The van der Waals surface area contributed by atoms with E-state index in [4.69, 9.17) is 16.3 Å². The molecule has 2 aliphatic rings. The number of hydrogen-bond acceptors (Lipinski definition) is 2. The first-order valence-corrected chi connectivity index (χ1v) is 7.51. The number of nitrogens with one attached hydrogen (secondary N) is 1. The highest BCUT2D eigenvalue weighted by Crippen LogP contribution is 2.29. The molecule has 0 aromatic rings. The van der Waals surface area contributed by atoms with Crippen LogP contribution in [0.2, 0.25) is 0 Å². The molecule has 1 N–H and O–H groups in total. The van der Waals surface area contributed by atoms with Gasteiger partial charge < -0.3 is 10.1 Å². The Bertz CT molecular complexity index is 242. The predicted molar refractivity (Wildman–Crippen MR) is 72.7 cm³/mol. The Hall–Kier alpha value is 0.210. The molecule has 3 unspecified atom stereocenters. The van der Waals surface area contributed by atoms with Gasteiger partial charge in [0.1, 0.15) is 0 Å². The van der Waals surface area contributed by atoms with Crippen LogP contribution >= 0.6 is 11.6 Å². The molecule has 2 rings (SSSR count). The molecule has 17 heavy (non-hydrogen) atoms. The lowest BCUT2D eigenvalue weighted by atomic mass is 9.89. The van der Waals surface area contributed by atoms with Crippen molar-refractivity contribution in [2.24, 2.45) is 5.92 Å². The van der Waals surface area contributed by atoms with Crippen molar-refractivity contribution in [2.45, 2.75) is 69.5 Å². The predicted octanol–water partition coefficient (Wildman–Crippen LogP) is 3.33. The fourth-order valence-electron chi connectivity index (χ4n) is 3.08. The largest absolute Gasteiger partial charge is 0.371 e. The van der Waals surface area contributed by atoms with Crippen LogP contribution in [0.25, 0.3) is 0 Å². The number of halogens is 1. The fourth-order valence-corrected chi connectivity index (χ4v) is 3.49. The molecule has 1 saturated heterocycles. The summed E-state index contributed by atoms with van der Waals surface area (Å²) in [5.41, 5.74) is 0.0957. The van der Waals surface area contributed by atoms with E-state index in [-0.39, 0.29) is 5.60 Å². The first-order chi connectivity index (χ1) is 8.05. The van der Waals surface area contributed by atoms with Gasteiger partial charge >= 0.3 is 0 Å². The molecule has 1 saturated carbocycles. The number of rotatable bonds is 4. The molecule has 3 heteroatoms. The van der Waals surface area contributed by atoms with Crippen molar-refractivity contribution in [3.63, 3.8) is 0 Å². The molecule has 0 spiro atoms. The summed E-state index contributed by atoms with van der Waals surface area (Å²) in [4.78, 5) is 0. The normalized spacial score (nSPS) is 37.2. The lowest BCUT2D eigenvalue weighted by Crippen LogP contribution is -2.34. The Morgan fingerprint density at radius 3 is 2.71 bits per heavy atom. The Morgan fingerprint density at radius 2 is 2.06 bits per heavy atom. The van der Waals surface area contributed by atoms with Crippen molar-refractivity contribution in [3.05, 3.63) is 0 Å². The minimum atomic E-state index is 0.0957. The van der Waals surface area contributed by atoms with E-state index in [9.17, 15) is 0 Å². The minimum Gasteiger partial charge on any atom is -0.371 e. The first kappa shape index (κ1) is 13.6. The van der Waals surface area contributed by atoms with Gasteiger partial charge in [-0.2, -0.15) is 0 Å². The molecule has 1 aliphatic heterocycles. The van der Waals surface area contributed by atoms with E-state index in [0.29, 0.717) is 11.5 Å². The SMILES string of the molecule is CC1(C)CCC(CNCC2CCCC(Cl)C2)O1. The van der Waals surface area contributed by atoms with Crippen molar-refractivity contribution in [1.82, 2.24) is 5.32 Å². The highest BCUT2D eigenvalue weighted by Gasteiger charge is 2.31. The second-order valence-electron chi connectivity index (χ2n) is 6.33. The maximum Gasteiger partial charge on any atom is 0.0707 e. The molecule has 2 nitrogen and oxygen atoms in total. The van der Waals surface area contributed by atoms with Crippen LogP contribution in [0.1, 0.15) is 52.4 Å². The highest BCUT2D eigenvalue weighted by atomic mass is 35.5. The van der Waals surface area contributed by atoms with E-state index in [1.54, 1.807) is 0 Å². The molecule has 0 amide bonds. The van der Waals surface area contributed by atoms with Crippen LogP contribution in [0, 0.1) is 5.92 Å². The van der Waals surface area contributed by atoms with Crippen molar-refractivity contribution >= 4 is 11.6 Å². The van der Waals surface area contributed by atoms with E-state index in [1.807, 2.05) is 0 Å². The monoisotopic (exact) mass is 259 g/mol. The molecule has 0 radical (unpaired) electrons. The average Bonchev–Trinajstić information content (AvgIpc) is 2.58. The maximum absolute atomic E-state index is 6.20. The van der Waals surface area contributed by atoms with Crippen LogP contribution in [0.3, 0.4) is 0 Å². The molecule has 100 valence electrons. The highest BCUT2D eigenvalue weighted by molar-refractivity contribution is 6.20. The summed E-state index contributed by atoms with van der Waals surface area (Å²) in [6.07, 6.45) is 7.83. The molecule has 0 aromatic heterocycles. The summed E-state index contributed by atoms with van der Waals surface area (Å²) < 4.78 is 5.97. The van der Waals surface area contributed by atoms with Crippen molar-refractivity contribution in [2.75, 3.05) is 13.1 Å². The molecular weight excluding hydrogens is 234 g/mol. The van der Waals surface area contributed by atoms with Gasteiger partial charge in [-0.25, -0.2) is 0 Å². The summed E-state index contributed by atoms with van der Waals surface area (Å²) in [7, 11) is 0. The van der Waals surface area contributed by atoms with Crippen LogP contribution in [0.5, 0.6) is 0 Å². The van der Waals surface area contributed by atoms with Gasteiger partial charge in [0.25, 0.3) is 0 Å². The van der Waals surface area contributed by atoms with Crippen LogP contribution < -0.4 is 5.32 Å². The molecule has 1 aliphatic carbocycles. The Kier molecular flexibility index (Phi) is 4.73. The summed E-state index contributed by atoms with van der Waals surface area (Å²) >= 11 is 6.20. The molecular formula is C14H26ClNO. The van der Waals surface area contributed by atoms with Crippen molar-refractivity contribution < 1.29 is 4.74 Å². The number of ether oxygens (including phenoxy) is 1. The van der Waals surface area contributed by atoms with Crippen molar-refractivity contribution in [1.29, 1.82) is 0 Å². The van der Waals surface area contributed by atoms with Crippen LogP contribution in [0.4, 0.5) is 0 Å². The zero-order valence-electron chi connectivity index (χ0n) is 11.2. The number of hydrogen-bond donors (Lipinski definition) is 1. The zero-order chi connectivity index (χ0) is 12.3. The molecule has 0 bridgehead atoms. The van der Waals surface area contributed by atoms with E-state index >= 15 is 0 Å². The van der Waals surface area contributed by atoms with Crippen LogP contribution in [0.15, 0.2) is 0 Å². The molecule has 3 atom stereocenters. The zero-order valence-corrected chi connectivity index (χ0v) is 11.9.